The van der Waals surface area contributed by atoms with Crippen molar-refractivity contribution in [2.45, 2.75) is 45.7 Å². The highest BCUT2D eigenvalue weighted by Gasteiger charge is 2.42. The molecule has 142 valence electrons. The number of aromatic nitrogens is 1. The lowest BCUT2D eigenvalue weighted by Crippen LogP contribution is -2.41. The van der Waals surface area contributed by atoms with Crippen molar-refractivity contribution in [3.8, 4) is 0 Å². The van der Waals surface area contributed by atoms with Gasteiger partial charge in [-0.15, -0.1) is 0 Å². The fourth-order valence-electron chi connectivity index (χ4n) is 4.74. The minimum Gasteiger partial charge on any atom is -0.338 e. The van der Waals surface area contributed by atoms with Crippen LogP contribution in [0.2, 0.25) is 0 Å². The van der Waals surface area contributed by atoms with Crippen molar-refractivity contribution in [1.82, 2.24) is 14.8 Å². The molecule has 1 unspecified atom stereocenters. The van der Waals surface area contributed by atoms with E-state index >= 15 is 0 Å². The fraction of sp³-hybridized carbons (Fsp3) is 0.478. The fourth-order valence-corrected chi connectivity index (χ4v) is 4.74. The summed E-state index contributed by atoms with van der Waals surface area (Å²) < 4.78 is 0. The zero-order chi connectivity index (χ0) is 18.7. The van der Waals surface area contributed by atoms with E-state index in [1.165, 1.54) is 16.7 Å². The van der Waals surface area contributed by atoms with Crippen LogP contribution < -0.4 is 0 Å². The molecule has 4 heteroatoms. The highest BCUT2D eigenvalue weighted by atomic mass is 16.2. The van der Waals surface area contributed by atoms with Gasteiger partial charge in [-0.2, -0.15) is 0 Å². The third kappa shape index (κ3) is 4.06. The Bertz CT molecular complexity index is 791. The number of benzene rings is 1. The number of carbonyl (C=O) groups excluding carboxylic acids is 1. The van der Waals surface area contributed by atoms with Crippen molar-refractivity contribution in [3.63, 3.8) is 0 Å². The number of hydrogen-bond acceptors (Lipinski definition) is 3. The van der Waals surface area contributed by atoms with Crippen LogP contribution in [0.15, 0.2) is 48.8 Å². The van der Waals surface area contributed by atoms with Gasteiger partial charge in [-0.1, -0.05) is 37.3 Å². The second-order valence-electron chi connectivity index (χ2n) is 8.27. The van der Waals surface area contributed by atoms with Crippen LogP contribution in [0.1, 0.15) is 42.9 Å². The molecule has 4 nitrogen and oxygen atoms in total. The van der Waals surface area contributed by atoms with Gasteiger partial charge in [0.15, 0.2) is 0 Å². The summed E-state index contributed by atoms with van der Waals surface area (Å²) in [6, 6.07) is 12.9. The summed E-state index contributed by atoms with van der Waals surface area (Å²) in [4.78, 5) is 21.7. The van der Waals surface area contributed by atoms with Crippen molar-refractivity contribution in [1.29, 1.82) is 0 Å². The molecule has 0 aliphatic carbocycles. The molecule has 2 aliphatic rings. The van der Waals surface area contributed by atoms with Crippen molar-refractivity contribution in [2.24, 2.45) is 5.41 Å². The van der Waals surface area contributed by atoms with Crippen LogP contribution >= 0.6 is 0 Å². The maximum Gasteiger partial charge on any atom is 0.222 e. The summed E-state index contributed by atoms with van der Waals surface area (Å²) in [6.45, 7) is 6.81. The molecule has 4 rings (SSSR count). The maximum absolute atomic E-state index is 12.8. The Kier molecular flexibility index (Phi) is 5.26. The average molecular weight is 364 g/mol. The average Bonchev–Trinajstić information content (AvgIpc) is 2.97. The van der Waals surface area contributed by atoms with Crippen LogP contribution in [0, 0.1) is 5.41 Å². The predicted molar refractivity (Wildman–Crippen MR) is 107 cm³/mol. The molecule has 0 radical (unpaired) electrons. The molecule has 1 aromatic carbocycles. The van der Waals surface area contributed by atoms with Gasteiger partial charge < -0.3 is 4.90 Å². The molecule has 1 aromatic heterocycles. The number of hydrogen-bond donors (Lipinski definition) is 0. The van der Waals surface area contributed by atoms with Gasteiger partial charge in [0.05, 0.1) is 0 Å². The predicted octanol–water partition coefficient (Wildman–Crippen LogP) is 3.66. The minimum atomic E-state index is 0.165. The molecule has 27 heavy (non-hydrogen) atoms. The van der Waals surface area contributed by atoms with E-state index in [-0.39, 0.29) is 5.41 Å². The van der Waals surface area contributed by atoms with Crippen molar-refractivity contribution in [3.05, 3.63) is 65.5 Å². The lowest BCUT2D eigenvalue weighted by atomic mass is 9.80. The first-order valence-electron chi connectivity index (χ1n) is 10.1. The van der Waals surface area contributed by atoms with Gasteiger partial charge in [0.1, 0.15) is 0 Å². The lowest BCUT2D eigenvalue weighted by molar-refractivity contribution is -0.133. The highest BCUT2D eigenvalue weighted by Crippen LogP contribution is 2.39. The first-order valence-corrected chi connectivity index (χ1v) is 10.1. The molecular weight excluding hydrogens is 334 g/mol. The smallest absolute Gasteiger partial charge is 0.222 e. The van der Waals surface area contributed by atoms with Crippen LogP contribution in [-0.2, 0) is 24.3 Å². The van der Waals surface area contributed by atoms with Gasteiger partial charge in [-0.3, -0.25) is 14.7 Å². The summed E-state index contributed by atoms with van der Waals surface area (Å²) >= 11 is 0. The second kappa shape index (κ2) is 7.81. The molecule has 0 N–H and O–H groups in total. The first-order chi connectivity index (χ1) is 13.2. The van der Waals surface area contributed by atoms with Crippen molar-refractivity contribution in [2.75, 3.05) is 19.6 Å². The molecule has 3 heterocycles. The van der Waals surface area contributed by atoms with E-state index < -0.39 is 0 Å². The number of amides is 1. The normalized spacial score (nSPS) is 22.6. The van der Waals surface area contributed by atoms with Gasteiger partial charge in [0, 0.05) is 50.4 Å². The Morgan fingerprint density at radius 3 is 2.78 bits per heavy atom. The molecule has 1 atom stereocenters. The van der Waals surface area contributed by atoms with Crippen LogP contribution in [-0.4, -0.2) is 40.3 Å². The Morgan fingerprint density at radius 2 is 2.00 bits per heavy atom. The van der Waals surface area contributed by atoms with E-state index in [2.05, 4.69) is 52.0 Å². The number of pyridine rings is 1. The Balaban J connectivity index is 1.56. The zero-order valence-corrected chi connectivity index (χ0v) is 16.2. The van der Waals surface area contributed by atoms with Crippen molar-refractivity contribution < 1.29 is 4.79 Å². The summed E-state index contributed by atoms with van der Waals surface area (Å²) in [7, 11) is 0. The molecule has 0 bridgehead atoms. The summed E-state index contributed by atoms with van der Waals surface area (Å²) in [5.74, 6) is 0.305. The molecule has 0 saturated carbocycles. The van der Waals surface area contributed by atoms with E-state index in [0.717, 1.165) is 52.0 Å². The van der Waals surface area contributed by atoms with Crippen LogP contribution in [0.3, 0.4) is 0 Å². The van der Waals surface area contributed by atoms with Gasteiger partial charge in [-0.05, 0) is 48.6 Å². The largest absolute Gasteiger partial charge is 0.338 e. The molecular formula is C23H29N3O. The van der Waals surface area contributed by atoms with Crippen LogP contribution in [0.5, 0.6) is 0 Å². The monoisotopic (exact) mass is 363 g/mol. The lowest BCUT2D eigenvalue weighted by Gasteiger charge is -2.33. The van der Waals surface area contributed by atoms with E-state index in [4.69, 9.17) is 0 Å². The number of nitrogens with zero attached hydrogens (tertiary/aromatic N) is 3. The third-order valence-electron chi connectivity index (χ3n) is 6.03. The summed E-state index contributed by atoms with van der Waals surface area (Å²) in [5.41, 5.74) is 4.18. The van der Waals surface area contributed by atoms with Crippen LogP contribution in [0.25, 0.3) is 0 Å². The van der Waals surface area contributed by atoms with E-state index in [1.807, 2.05) is 18.5 Å². The third-order valence-corrected chi connectivity index (χ3v) is 6.03. The second-order valence-corrected chi connectivity index (χ2v) is 8.27. The minimum absolute atomic E-state index is 0.165. The maximum atomic E-state index is 12.8. The summed E-state index contributed by atoms with van der Waals surface area (Å²) in [6.07, 6.45) is 7.58. The molecule has 2 aromatic rings. The molecule has 1 amide bonds. The molecule has 2 aliphatic heterocycles. The number of rotatable bonds is 4. The standard InChI is InChI=1S/C23H29N3O/c1-2-6-22(27)26-16-21-9-4-3-8-20(21)13-23(18-26)10-12-25(17-23)15-19-7-5-11-24-14-19/h3-5,7-9,11,14H,2,6,10,12-13,15-18H2,1H3. The molecule has 1 saturated heterocycles. The Labute approximate surface area is 162 Å². The number of fused-ring (bicyclic) bond motifs is 1. The zero-order valence-electron chi connectivity index (χ0n) is 16.2. The quantitative estimate of drug-likeness (QED) is 0.832. The number of carbonyl (C=O) groups is 1. The van der Waals surface area contributed by atoms with Gasteiger partial charge in [0.2, 0.25) is 5.91 Å². The van der Waals surface area contributed by atoms with Gasteiger partial charge in [0.25, 0.3) is 0 Å². The van der Waals surface area contributed by atoms with Crippen LogP contribution in [0.4, 0.5) is 0 Å². The van der Waals surface area contributed by atoms with E-state index in [0.29, 0.717) is 12.3 Å². The molecule has 1 fully saturated rings. The van der Waals surface area contributed by atoms with E-state index in [9.17, 15) is 4.79 Å². The van der Waals surface area contributed by atoms with E-state index in [1.54, 1.807) is 0 Å². The Hall–Kier alpha value is -2.20. The highest BCUT2D eigenvalue weighted by molar-refractivity contribution is 5.76. The van der Waals surface area contributed by atoms with Gasteiger partial charge >= 0.3 is 0 Å². The van der Waals surface area contributed by atoms with Crippen molar-refractivity contribution >= 4 is 5.91 Å². The first kappa shape index (κ1) is 18.2. The SMILES string of the molecule is CCCC(=O)N1Cc2ccccc2CC2(CCN(Cc3cccnc3)C2)C1. The topological polar surface area (TPSA) is 36.4 Å². The summed E-state index contributed by atoms with van der Waals surface area (Å²) in [5, 5.41) is 0. The molecule has 1 spiro atoms. The number of likely N-dealkylation sites (tertiary alicyclic amines) is 1. The van der Waals surface area contributed by atoms with Gasteiger partial charge in [-0.25, -0.2) is 0 Å². The Morgan fingerprint density at radius 1 is 1.15 bits per heavy atom.